The van der Waals surface area contributed by atoms with Crippen LogP contribution in [0.4, 0.5) is 0 Å². The summed E-state index contributed by atoms with van der Waals surface area (Å²) >= 11 is 5.94. The lowest BCUT2D eigenvalue weighted by atomic mass is 10.0. The van der Waals surface area contributed by atoms with E-state index in [1.807, 2.05) is 35.2 Å². The van der Waals surface area contributed by atoms with Gasteiger partial charge in [-0.1, -0.05) is 41.9 Å². The molecule has 2 amide bonds. The summed E-state index contributed by atoms with van der Waals surface area (Å²) in [6, 6.07) is 16.4. The van der Waals surface area contributed by atoms with Crippen molar-refractivity contribution >= 4 is 23.4 Å². The third kappa shape index (κ3) is 5.02. The van der Waals surface area contributed by atoms with Gasteiger partial charge in [0.25, 0.3) is 5.91 Å². The monoisotopic (exact) mass is 425 g/mol. The summed E-state index contributed by atoms with van der Waals surface area (Å²) in [5.74, 6) is -0.251. The number of carbonyl (C=O) groups excluding carboxylic acids is 2. The highest BCUT2D eigenvalue weighted by molar-refractivity contribution is 6.30. The third-order valence-corrected chi connectivity index (χ3v) is 6.38. The molecule has 0 aliphatic carbocycles. The molecule has 1 N–H and O–H groups in total. The van der Waals surface area contributed by atoms with E-state index in [9.17, 15) is 9.59 Å². The molecule has 2 aliphatic rings. The van der Waals surface area contributed by atoms with Gasteiger partial charge in [0.05, 0.1) is 0 Å². The zero-order chi connectivity index (χ0) is 20.9. The van der Waals surface area contributed by atoms with Gasteiger partial charge in [-0.05, 0) is 62.2 Å². The molecule has 2 aromatic carbocycles. The fourth-order valence-corrected chi connectivity index (χ4v) is 4.59. The van der Waals surface area contributed by atoms with Gasteiger partial charge in [-0.2, -0.15) is 0 Å². The molecule has 2 saturated heterocycles. The molecular formula is C24H28ClN3O2. The molecular weight excluding hydrogens is 398 g/mol. The molecule has 2 aliphatic heterocycles. The Balaban J connectivity index is 1.47. The van der Waals surface area contributed by atoms with E-state index in [1.54, 1.807) is 24.3 Å². The van der Waals surface area contributed by atoms with Crippen LogP contribution < -0.4 is 5.32 Å². The van der Waals surface area contributed by atoms with E-state index in [4.69, 9.17) is 11.6 Å². The largest absolute Gasteiger partial charge is 0.340 e. The van der Waals surface area contributed by atoms with Crippen molar-refractivity contribution in [3.63, 3.8) is 0 Å². The zero-order valence-electron chi connectivity index (χ0n) is 17.1. The van der Waals surface area contributed by atoms with Crippen LogP contribution in [0.1, 0.15) is 35.2 Å². The van der Waals surface area contributed by atoms with Crippen LogP contribution in [0.25, 0.3) is 0 Å². The van der Waals surface area contributed by atoms with E-state index in [0.717, 1.165) is 38.2 Å². The Morgan fingerprint density at radius 1 is 1.00 bits per heavy atom. The van der Waals surface area contributed by atoms with Crippen LogP contribution >= 0.6 is 11.6 Å². The highest BCUT2D eigenvalue weighted by Gasteiger charge is 2.35. The molecule has 6 heteroatoms. The first-order chi connectivity index (χ1) is 14.6. The van der Waals surface area contributed by atoms with Crippen LogP contribution in [0.2, 0.25) is 5.02 Å². The van der Waals surface area contributed by atoms with E-state index in [1.165, 1.54) is 12.8 Å². The highest BCUT2D eigenvalue weighted by atomic mass is 35.5. The minimum Gasteiger partial charge on any atom is -0.340 e. The van der Waals surface area contributed by atoms with Gasteiger partial charge in [0.2, 0.25) is 5.91 Å². The minimum absolute atomic E-state index is 0.00265. The Morgan fingerprint density at radius 3 is 2.40 bits per heavy atom. The molecule has 2 unspecified atom stereocenters. The summed E-state index contributed by atoms with van der Waals surface area (Å²) in [5.41, 5.74) is 1.53. The van der Waals surface area contributed by atoms with E-state index >= 15 is 0 Å². The Kier molecular flexibility index (Phi) is 6.70. The maximum atomic E-state index is 13.4. The Hall–Kier alpha value is -2.37. The lowest BCUT2D eigenvalue weighted by Gasteiger charge is -2.27. The SMILES string of the molecule is O=C(NC(Cc1ccccc1)C(=O)N1CCC(N2CCCC2)C1)c1ccc(Cl)cc1. The summed E-state index contributed by atoms with van der Waals surface area (Å²) in [4.78, 5) is 30.7. The van der Waals surface area contributed by atoms with Crippen molar-refractivity contribution in [1.82, 2.24) is 15.1 Å². The summed E-state index contributed by atoms with van der Waals surface area (Å²) in [7, 11) is 0. The molecule has 0 aromatic heterocycles. The molecule has 2 aromatic rings. The topological polar surface area (TPSA) is 52.7 Å². The van der Waals surface area contributed by atoms with Crippen molar-refractivity contribution in [1.29, 1.82) is 0 Å². The number of benzene rings is 2. The summed E-state index contributed by atoms with van der Waals surface area (Å²) in [6.45, 7) is 3.77. The van der Waals surface area contributed by atoms with Crippen LogP contribution in [0.15, 0.2) is 54.6 Å². The molecule has 4 rings (SSSR count). The van der Waals surface area contributed by atoms with Crippen molar-refractivity contribution in [2.75, 3.05) is 26.2 Å². The van der Waals surface area contributed by atoms with Crippen LogP contribution in [0, 0.1) is 0 Å². The highest BCUT2D eigenvalue weighted by Crippen LogP contribution is 2.21. The number of halogens is 1. The molecule has 0 radical (unpaired) electrons. The molecule has 0 bridgehead atoms. The predicted molar refractivity (Wildman–Crippen MR) is 119 cm³/mol. The van der Waals surface area contributed by atoms with Crippen LogP contribution in [-0.4, -0.2) is 59.9 Å². The molecule has 158 valence electrons. The van der Waals surface area contributed by atoms with Crippen LogP contribution in [0.3, 0.4) is 0 Å². The number of nitrogens with one attached hydrogen (secondary N) is 1. The molecule has 30 heavy (non-hydrogen) atoms. The number of hydrogen-bond acceptors (Lipinski definition) is 3. The van der Waals surface area contributed by atoms with Crippen molar-refractivity contribution in [2.45, 2.75) is 37.8 Å². The average Bonchev–Trinajstić information content (AvgIpc) is 3.46. The molecule has 0 saturated carbocycles. The summed E-state index contributed by atoms with van der Waals surface area (Å²) in [6.07, 6.45) is 3.98. The number of carbonyl (C=O) groups is 2. The first kappa shape index (κ1) is 20.9. The van der Waals surface area contributed by atoms with Gasteiger partial charge in [0.15, 0.2) is 0 Å². The quantitative estimate of drug-likeness (QED) is 0.771. The molecule has 0 spiro atoms. The van der Waals surface area contributed by atoms with E-state index in [2.05, 4.69) is 10.2 Å². The average molecular weight is 426 g/mol. The maximum absolute atomic E-state index is 13.4. The second-order valence-corrected chi connectivity index (χ2v) is 8.63. The molecule has 5 nitrogen and oxygen atoms in total. The first-order valence-corrected chi connectivity index (χ1v) is 11.1. The second-order valence-electron chi connectivity index (χ2n) is 8.19. The standard InChI is InChI=1S/C24H28ClN3O2/c25-20-10-8-19(9-11-20)23(29)26-22(16-18-6-2-1-3-7-18)24(30)28-15-12-21(17-28)27-13-4-5-14-27/h1-3,6-11,21-22H,4-5,12-17H2,(H,26,29). The second kappa shape index (κ2) is 9.63. The van der Waals surface area contributed by atoms with Crippen molar-refractivity contribution in [3.05, 3.63) is 70.7 Å². The number of amides is 2. The van der Waals surface area contributed by atoms with Crippen molar-refractivity contribution in [3.8, 4) is 0 Å². The third-order valence-electron chi connectivity index (χ3n) is 6.12. The Morgan fingerprint density at radius 2 is 1.70 bits per heavy atom. The van der Waals surface area contributed by atoms with Gasteiger partial charge in [-0.3, -0.25) is 14.5 Å². The first-order valence-electron chi connectivity index (χ1n) is 10.7. The number of hydrogen-bond donors (Lipinski definition) is 1. The van der Waals surface area contributed by atoms with E-state index in [0.29, 0.717) is 23.0 Å². The van der Waals surface area contributed by atoms with Crippen molar-refractivity contribution < 1.29 is 9.59 Å². The lowest BCUT2D eigenvalue weighted by Crippen LogP contribution is -2.49. The fourth-order valence-electron chi connectivity index (χ4n) is 4.46. The van der Waals surface area contributed by atoms with Crippen LogP contribution in [0.5, 0.6) is 0 Å². The minimum atomic E-state index is -0.590. The van der Waals surface area contributed by atoms with Gasteiger partial charge in [-0.15, -0.1) is 0 Å². The normalized spacial score (nSPS) is 20.3. The predicted octanol–water partition coefficient (Wildman–Crippen LogP) is 3.38. The van der Waals surface area contributed by atoms with Crippen LogP contribution in [-0.2, 0) is 11.2 Å². The van der Waals surface area contributed by atoms with Gasteiger partial charge in [0.1, 0.15) is 6.04 Å². The fraction of sp³-hybridized carbons (Fsp3) is 0.417. The molecule has 2 fully saturated rings. The summed E-state index contributed by atoms with van der Waals surface area (Å²) in [5, 5.41) is 3.55. The van der Waals surface area contributed by atoms with Gasteiger partial charge in [0, 0.05) is 36.1 Å². The van der Waals surface area contributed by atoms with Gasteiger partial charge >= 0.3 is 0 Å². The molecule has 2 heterocycles. The lowest BCUT2D eigenvalue weighted by molar-refractivity contribution is -0.132. The number of nitrogens with zero attached hydrogens (tertiary/aromatic N) is 2. The number of rotatable bonds is 6. The number of likely N-dealkylation sites (tertiary alicyclic amines) is 2. The van der Waals surface area contributed by atoms with Gasteiger partial charge < -0.3 is 10.2 Å². The van der Waals surface area contributed by atoms with E-state index in [-0.39, 0.29) is 11.8 Å². The molecule has 2 atom stereocenters. The van der Waals surface area contributed by atoms with E-state index < -0.39 is 6.04 Å². The summed E-state index contributed by atoms with van der Waals surface area (Å²) < 4.78 is 0. The van der Waals surface area contributed by atoms with Crippen molar-refractivity contribution in [2.24, 2.45) is 0 Å². The zero-order valence-corrected chi connectivity index (χ0v) is 17.9. The van der Waals surface area contributed by atoms with Gasteiger partial charge in [-0.25, -0.2) is 0 Å². The Labute approximate surface area is 183 Å². The smallest absolute Gasteiger partial charge is 0.251 e. The maximum Gasteiger partial charge on any atom is 0.251 e. The Bertz CT molecular complexity index is 866.